The molecule has 0 bridgehead atoms. The van der Waals surface area contributed by atoms with Gasteiger partial charge in [-0.15, -0.1) is 0 Å². The van der Waals surface area contributed by atoms with Gasteiger partial charge < -0.3 is 19.7 Å². The molecule has 37 heavy (non-hydrogen) atoms. The molecule has 2 N–H and O–H groups in total. The number of benzene rings is 3. The van der Waals surface area contributed by atoms with Crippen LogP contribution in [0.4, 0.5) is 11.4 Å². The van der Waals surface area contributed by atoms with Crippen molar-refractivity contribution < 1.29 is 34.1 Å². The quantitative estimate of drug-likeness (QED) is 0.116. The molecule has 0 heterocycles. The van der Waals surface area contributed by atoms with E-state index >= 15 is 0 Å². The van der Waals surface area contributed by atoms with Crippen LogP contribution in [-0.4, -0.2) is 34.7 Å². The number of azo groups is 1. The summed E-state index contributed by atoms with van der Waals surface area (Å²) >= 11 is 0. The molecule has 3 aromatic carbocycles. The van der Waals surface area contributed by atoms with Gasteiger partial charge in [-0.3, -0.25) is 0 Å². The Hall–Kier alpha value is -4.53. The molecule has 0 spiro atoms. The number of nitrogens with zero attached hydrogens (tertiary/aromatic N) is 2. The van der Waals surface area contributed by atoms with Gasteiger partial charge in [-0.1, -0.05) is 38.3 Å². The first-order valence-electron chi connectivity index (χ1n) is 11.9. The van der Waals surface area contributed by atoms with E-state index in [-0.39, 0.29) is 16.9 Å². The molecular weight excluding hydrogens is 476 g/mol. The Morgan fingerprint density at radius 3 is 1.84 bits per heavy atom. The van der Waals surface area contributed by atoms with Crippen molar-refractivity contribution in [3.63, 3.8) is 0 Å². The van der Waals surface area contributed by atoms with Crippen molar-refractivity contribution in [2.24, 2.45) is 10.2 Å². The van der Waals surface area contributed by atoms with Crippen molar-refractivity contribution in [2.75, 3.05) is 6.61 Å². The first-order valence-corrected chi connectivity index (χ1v) is 11.9. The Balaban J connectivity index is 1.50. The number of hydrogen-bond acceptors (Lipinski definition) is 7. The third-order valence-corrected chi connectivity index (χ3v) is 5.36. The Morgan fingerprint density at radius 1 is 0.730 bits per heavy atom. The van der Waals surface area contributed by atoms with Gasteiger partial charge in [-0.2, -0.15) is 10.2 Å². The highest BCUT2D eigenvalue weighted by Crippen LogP contribution is 2.23. The highest BCUT2D eigenvalue weighted by Gasteiger charge is 2.14. The van der Waals surface area contributed by atoms with Crippen LogP contribution in [0.25, 0.3) is 0 Å². The average molecular weight is 505 g/mol. The Kier molecular flexibility index (Phi) is 9.90. The normalized spacial score (nSPS) is 10.8. The van der Waals surface area contributed by atoms with E-state index in [2.05, 4.69) is 29.3 Å². The van der Waals surface area contributed by atoms with Crippen molar-refractivity contribution in [3.05, 3.63) is 83.4 Å². The summed E-state index contributed by atoms with van der Waals surface area (Å²) < 4.78 is 10.4. The Bertz CT molecular complexity index is 1220. The molecule has 0 aliphatic heterocycles. The molecule has 3 rings (SSSR count). The number of hydrogen-bond donors (Lipinski definition) is 2. The molecule has 0 saturated carbocycles. The molecule has 192 valence electrons. The van der Waals surface area contributed by atoms with Crippen molar-refractivity contribution in [1.29, 1.82) is 0 Å². The molecular formula is C28H28N2O7. The van der Waals surface area contributed by atoms with Gasteiger partial charge >= 0.3 is 17.9 Å². The summed E-state index contributed by atoms with van der Waals surface area (Å²) in [5.41, 5.74) is 2.01. The molecule has 0 radical (unpaired) electrons. The maximum absolute atomic E-state index is 12.1. The molecule has 0 aliphatic rings. The lowest BCUT2D eigenvalue weighted by Gasteiger charge is -2.08. The van der Waals surface area contributed by atoms with Crippen LogP contribution in [0.3, 0.4) is 0 Å². The van der Waals surface area contributed by atoms with E-state index in [1.165, 1.54) is 31.2 Å². The van der Waals surface area contributed by atoms with Gasteiger partial charge in [0.05, 0.1) is 22.5 Å². The van der Waals surface area contributed by atoms with E-state index in [4.69, 9.17) is 19.7 Å². The first kappa shape index (κ1) is 27.1. The maximum Gasteiger partial charge on any atom is 0.349 e. The van der Waals surface area contributed by atoms with E-state index in [0.29, 0.717) is 11.4 Å². The molecule has 0 saturated heterocycles. The van der Waals surface area contributed by atoms with E-state index < -0.39 is 24.5 Å². The first-order chi connectivity index (χ1) is 17.8. The molecule has 9 nitrogen and oxygen atoms in total. The van der Waals surface area contributed by atoms with Crippen molar-refractivity contribution >= 4 is 29.3 Å². The van der Waals surface area contributed by atoms with Gasteiger partial charge in [0.2, 0.25) is 0 Å². The third kappa shape index (κ3) is 8.88. The lowest BCUT2D eigenvalue weighted by atomic mass is 10.1. The smallest absolute Gasteiger partial charge is 0.349 e. The summed E-state index contributed by atoms with van der Waals surface area (Å²) in [5, 5.41) is 26.7. The minimum atomic E-state index is -1.34. The van der Waals surface area contributed by atoms with Gasteiger partial charge in [0, 0.05) is 0 Å². The second kappa shape index (κ2) is 13.5. The fourth-order valence-electron chi connectivity index (χ4n) is 3.42. The minimum Gasteiger partial charge on any atom is -0.482 e. The van der Waals surface area contributed by atoms with E-state index in [0.717, 1.165) is 30.3 Å². The zero-order valence-electron chi connectivity index (χ0n) is 20.4. The molecule has 3 aromatic rings. The standard InChI is InChI=1S/C28H28N2O7/c1-2-3-4-5-6-19-7-9-22(10-8-19)29-30-23-11-13-24(14-12-23)36-18-26(31)37-25-16-20(27(32)33)15-21(17-25)28(34)35/h7-17H,2-6,18H2,1H3,(H,32,33)(H,34,35). The molecule has 0 atom stereocenters. The van der Waals surface area contributed by atoms with E-state index in [1.807, 2.05) is 12.1 Å². The third-order valence-electron chi connectivity index (χ3n) is 5.36. The average Bonchev–Trinajstić information content (AvgIpc) is 2.89. The summed E-state index contributed by atoms with van der Waals surface area (Å²) in [6, 6.07) is 17.7. The Morgan fingerprint density at radius 2 is 1.30 bits per heavy atom. The summed E-state index contributed by atoms with van der Waals surface area (Å²) in [7, 11) is 0. The molecule has 0 fully saturated rings. The van der Waals surface area contributed by atoms with Crippen molar-refractivity contribution in [2.45, 2.75) is 39.0 Å². The number of esters is 1. The van der Waals surface area contributed by atoms with Crippen LogP contribution in [0.15, 0.2) is 77.0 Å². The van der Waals surface area contributed by atoms with Crippen LogP contribution in [0.2, 0.25) is 0 Å². The van der Waals surface area contributed by atoms with Crippen LogP contribution in [0.1, 0.15) is 58.9 Å². The monoisotopic (exact) mass is 504 g/mol. The number of aryl methyl sites for hydroxylation is 1. The highest BCUT2D eigenvalue weighted by atomic mass is 16.6. The number of carbonyl (C=O) groups is 3. The number of unbranched alkanes of at least 4 members (excludes halogenated alkanes) is 3. The summed E-state index contributed by atoms with van der Waals surface area (Å²) in [4.78, 5) is 34.5. The van der Waals surface area contributed by atoms with E-state index in [1.54, 1.807) is 24.3 Å². The number of carboxylic acid groups (broad SMARTS) is 2. The molecule has 0 aliphatic carbocycles. The SMILES string of the molecule is CCCCCCc1ccc(N=Nc2ccc(OCC(=O)Oc3cc(C(=O)O)cc(C(=O)O)c3)cc2)cc1. The van der Waals surface area contributed by atoms with Crippen LogP contribution in [0, 0.1) is 0 Å². The second-order valence-electron chi connectivity index (χ2n) is 8.29. The van der Waals surface area contributed by atoms with Crippen LogP contribution >= 0.6 is 0 Å². The fraction of sp³-hybridized carbons (Fsp3) is 0.250. The topological polar surface area (TPSA) is 135 Å². The van der Waals surface area contributed by atoms with Gasteiger partial charge in [-0.25, -0.2) is 14.4 Å². The number of rotatable bonds is 13. The number of aromatic carboxylic acids is 2. The zero-order valence-corrected chi connectivity index (χ0v) is 20.4. The number of carbonyl (C=O) groups excluding carboxylic acids is 1. The molecule has 0 amide bonds. The van der Waals surface area contributed by atoms with E-state index in [9.17, 15) is 14.4 Å². The largest absolute Gasteiger partial charge is 0.482 e. The predicted octanol–water partition coefficient (Wildman–Crippen LogP) is 6.61. The summed E-state index contributed by atoms with van der Waals surface area (Å²) in [6.45, 7) is 1.73. The van der Waals surface area contributed by atoms with Gasteiger partial charge in [-0.05, 0) is 73.0 Å². The number of ether oxygens (including phenoxy) is 2. The van der Waals surface area contributed by atoms with Gasteiger partial charge in [0.15, 0.2) is 6.61 Å². The maximum atomic E-state index is 12.1. The van der Waals surface area contributed by atoms with Crippen LogP contribution in [0.5, 0.6) is 11.5 Å². The lowest BCUT2D eigenvalue weighted by Crippen LogP contribution is -2.18. The highest BCUT2D eigenvalue weighted by molar-refractivity contribution is 5.94. The Labute approximate surface area is 214 Å². The van der Waals surface area contributed by atoms with Crippen molar-refractivity contribution in [1.82, 2.24) is 0 Å². The van der Waals surface area contributed by atoms with Gasteiger partial charge in [0.1, 0.15) is 11.5 Å². The fourth-order valence-corrected chi connectivity index (χ4v) is 3.42. The molecule has 0 unspecified atom stereocenters. The summed E-state index contributed by atoms with van der Waals surface area (Å²) in [5.74, 6) is -3.33. The zero-order chi connectivity index (χ0) is 26.6. The second-order valence-corrected chi connectivity index (χ2v) is 8.29. The number of carboxylic acids is 2. The van der Waals surface area contributed by atoms with Crippen LogP contribution < -0.4 is 9.47 Å². The minimum absolute atomic E-state index is 0.203. The van der Waals surface area contributed by atoms with Crippen molar-refractivity contribution in [3.8, 4) is 11.5 Å². The summed E-state index contributed by atoms with van der Waals surface area (Å²) in [6.07, 6.45) is 5.97. The van der Waals surface area contributed by atoms with Gasteiger partial charge in [0.25, 0.3) is 0 Å². The molecule has 0 aromatic heterocycles. The predicted molar refractivity (Wildman–Crippen MR) is 136 cm³/mol. The lowest BCUT2D eigenvalue weighted by molar-refractivity contribution is -0.136. The van der Waals surface area contributed by atoms with Crippen LogP contribution in [-0.2, 0) is 11.2 Å². The molecule has 9 heteroatoms.